The van der Waals surface area contributed by atoms with Gasteiger partial charge in [0.05, 0.1) is 6.10 Å². The molecule has 0 radical (unpaired) electrons. The summed E-state index contributed by atoms with van der Waals surface area (Å²) in [6.07, 6.45) is 0.188. The quantitative estimate of drug-likeness (QED) is 0.648. The van der Waals surface area contributed by atoms with Gasteiger partial charge in [-0.2, -0.15) is 0 Å². The molecule has 3 nitrogen and oxygen atoms in total. The molecule has 1 rings (SSSR count). The fraction of sp³-hybridized carbons (Fsp3) is 1.00. The maximum Gasteiger partial charge on any atom is 0.183 e. The van der Waals surface area contributed by atoms with Crippen molar-refractivity contribution < 1.29 is 14.6 Å². The Bertz CT molecular complexity index is 109. The Labute approximate surface area is 67.3 Å². The SMILES string of the molecule is CC[C@H]1OC(OC)[C@@H](O)[C@@H]1C. The van der Waals surface area contributed by atoms with Crippen LogP contribution in [0.5, 0.6) is 0 Å². The monoisotopic (exact) mass is 160 g/mol. The average molecular weight is 160 g/mol. The number of hydrogen-bond donors (Lipinski definition) is 1. The van der Waals surface area contributed by atoms with Crippen LogP contribution in [0.25, 0.3) is 0 Å². The smallest absolute Gasteiger partial charge is 0.183 e. The molecule has 1 aliphatic heterocycles. The fourth-order valence-electron chi connectivity index (χ4n) is 1.51. The van der Waals surface area contributed by atoms with Gasteiger partial charge in [0, 0.05) is 13.0 Å². The van der Waals surface area contributed by atoms with Crippen molar-refractivity contribution in [2.45, 2.75) is 38.8 Å². The minimum Gasteiger partial charge on any atom is -0.387 e. The van der Waals surface area contributed by atoms with Gasteiger partial charge in [0.25, 0.3) is 0 Å². The van der Waals surface area contributed by atoms with Crippen LogP contribution in [0.1, 0.15) is 20.3 Å². The second-order valence-corrected chi connectivity index (χ2v) is 3.04. The maximum absolute atomic E-state index is 9.51. The molecule has 1 fully saturated rings. The largest absolute Gasteiger partial charge is 0.387 e. The number of rotatable bonds is 2. The van der Waals surface area contributed by atoms with E-state index in [0.29, 0.717) is 0 Å². The molecule has 66 valence electrons. The summed E-state index contributed by atoms with van der Waals surface area (Å²) < 4.78 is 10.4. The molecule has 1 unspecified atom stereocenters. The normalized spacial score (nSPS) is 44.7. The third kappa shape index (κ3) is 1.55. The van der Waals surface area contributed by atoms with E-state index in [0.717, 1.165) is 6.42 Å². The molecule has 1 heterocycles. The number of hydrogen-bond acceptors (Lipinski definition) is 3. The lowest BCUT2D eigenvalue weighted by atomic mass is 9.99. The zero-order valence-electron chi connectivity index (χ0n) is 7.28. The van der Waals surface area contributed by atoms with Crippen molar-refractivity contribution in [2.75, 3.05) is 7.11 Å². The first-order chi connectivity index (χ1) is 5.20. The number of methoxy groups -OCH3 is 1. The van der Waals surface area contributed by atoms with E-state index in [-0.39, 0.29) is 12.0 Å². The van der Waals surface area contributed by atoms with Gasteiger partial charge in [0.1, 0.15) is 6.10 Å². The first-order valence-corrected chi connectivity index (χ1v) is 4.07. The van der Waals surface area contributed by atoms with Gasteiger partial charge < -0.3 is 14.6 Å². The van der Waals surface area contributed by atoms with Crippen molar-refractivity contribution in [3.8, 4) is 0 Å². The van der Waals surface area contributed by atoms with E-state index in [9.17, 15) is 5.11 Å². The van der Waals surface area contributed by atoms with Crippen LogP contribution in [0.4, 0.5) is 0 Å². The summed E-state index contributed by atoms with van der Waals surface area (Å²) >= 11 is 0. The third-order valence-electron chi connectivity index (χ3n) is 2.35. The highest BCUT2D eigenvalue weighted by Crippen LogP contribution is 2.28. The van der Waals surface area contributed by atoms with E-state index in [1.54, 1.807) is 7.11 Å². The highest BCUT2D eigenvalue weighted by molar-refractivity contribution is 4.82. The van der Waals surface area contributed by atoms with Crippen LogP contribution < -0.4 is 0 Å². The fourth-order valence-corrected chi connectivity index (χ4v) is 1.51. The number of ether oxygens (including phenoxy) is 2. The molecule has 11 heavy (non-hydrogen) atoms. The van der Waals surface area contributed by atoms with Crippen molar-refractivity contribution in [3.05, 3.63) is 0 Å². The highest BCUT2D eigenvalue weighted by atomic mass is 16.7. The molecule has 4 atom stereocenters. The summed E-state index contributed by atoms with van der Waals surface area (Å²) in [7, 11) is 1.55. The predicted octanol–water partition coefficient (Wildman–Crippen LogP) is 0.765. The van der Waals surface area contributed by atoms with Gasteiger partial charge in [-0.3, -0.25) is 0 Å². The van der Waals surface area contributed by atoms with Crippen molar-refractivity contribution in [1.82, 2.24) is 0 Å². The van der Waals surface area contributed by atoms with Gasteiger partial charge in [0.2, 0.25) is 0 Å². The van der Waals surface area contributed by atoms with Gasteiger partial charge >= 0.3 is 0 Å². The molecule has 0 saturated carbocycles. The summed E-state index contributed by atoms with van der Waals surface area (Å²) in [5.74, 6) is 0.185. The van der Waals surface area contributed by atoms with E-state index >= 15 is 0 Å². The Balaban J connectivity index is 2.53. The van der Waals surface area contributed by atoms with Crippen LogP contribution in [0, 0.1) is 5.92 Å². The summed E-state index contributed by atoms with van der Waals surface area (Å²) in [6, 6.07) is 0. The first-order valence-electron chi connectivity index (χ1n) is 4.07. The molecule has 0 aromatic carbocycles. The molecule has 1 N–H and O–H groups in total. The van der Waals surface area contributed by atoms with E-state index in [1.807, 2.05) is 13.8 Å². The molecular formula is C8H16O3. The lowest BCUT2D eigenvalue weighted by molar-refractivity contribution is -0.148. The Hall–Kier alpha value is -0.120. The second-order valence-electron chi connectivity index (χ2n) is 3.04. The standard InChI is InChI=1S/C8H16O3/c1-4-6-5(2)7(9)8(10-3)11-6/h5-9H,4H2,1-3H3/t5-,6-,7+,8?/m1/s1. The lowest BCUT2D eigenvalue weighted by Crippen LogP contribution is -2.26. The molecule has 0 bridgehead atoms. The summed E-state index contributed by atoms with van der Waals surface area (Å²) in [6.45, 7) is 4.03. The van der Waals surface area contributed by atoms with Crippen molar-refractivity contribution >= 4 is 0 Å². The third-order valence-corrected chi connectivity index (χ3v) is 2.35. The lowest BCUT2D eigenvalue weighted by Gasteiger charge is -2.12. The zero-order chi connectivity index (χ0) is 8.43. The minimum atomic E-state index is -0.468. The predicted molar refractivity (Wildman–Crippen MR) is 41.1 cm³/mol. The maximum atomic E-state index is 9.51. The van der Waals surface area contributed by atoms with Crippen LogP contribution in [0.2, 0.25) is 0 Å². The Morgan fingerprint density at radius 1 is 1.55 bits per heavy atom. The van der Waals surface area contributed by atoms with Crippen LogP contribution in [0.15, 0.2) is 0 Å². The van der Waals surface area contributed by atoms with Crippen LogP contribution in [0.3, 0.4) is 0 Å². The van der Waals surface area contributed by atoms with Crippen LogP contribution in [-0.4, -0.2) is 30.7 Å². The summed E-state index contributed by atoms with van der Waals surface area (Å²) in [5, 5.41) is 9.51. The van der Waals surface area contributed by atoms with Gasteiger partial charge in [-0.1, -0.05) is 13.8 Å². The highest BCUT2D eigenvalue weighted by Gasteiger charge is 2.39. The molecule has 0 aromatic heterocycles. The second kappa shape index (κ2) is 3.52. The van der Waals surface area contributed by atoms with E-state index in [2.05, 4.69) is 0 Å². The zero-order valence-corrected chi connectivity index (χ0v) is 7.28. The van der Waals surface area contributed by atoms with Crippen molar-refractivity contribution in [2.24, 2.45) is 5.92 Å². The number of aliphatic hydroxyl groups is 1. The van der Waals surface area contributed by atoms with Gasteiger partial charge in [-0.05, 0) is 6.42 Å². The molecule has 0 aliphatic carbocycles. The molecule has 1 saturated heterocycles. The Morgan fingerprint density at radius 2 is 2.18 bits per heavy atom. The number of aliphatic hydroxyl groups excluding tert-OH is 1. The average Bonchev–Trinajstić information content (AvgIpc) is 2.30. The van der Waals surface area contributed by atoms with Gasteiger partial charge in [-0.15, -0.1) is 0 Å². The van der Waals surface area contributed by atoms with E-state index < -0.39 is 12.4 Å². The Kier molecular flexibility index (Phi) is 2.87. The summed E-state index contributed by atoms with van der Waals surface area (Å²) in [5.41, 5.74) is 0. The topological polar surface area (TPSA) is 38.7 Å². The first kappa shape index (κ1) is 8.97. The van der Waals surface area contributed by atoms with E-state index in [4.69, 9.17) is 9.47 Å². The van der Waals surface area contributed by atoms with Crippen LogP contribution in [-0.2, 0) is 9.47 Å². The van der Waals surface area contributed by atoms with E-state index in [1.165, 1.54) is 0 Å². The van der Waals surface area contributed by atoms with Gasteiger partial charge in [0.15, 0.2) is 6.29 Å². The molecule has 0 spiro atoms. The van der Waals surface area contributed by atoms with Crippen molar-refractivity contribution in [1.29, 1.82) is 0 Å². The van der Waals surface area contributed by atoms with Crippen LogP contribution >= 0.6 is 0 Å². The minimum absolute atomic E-state index is 0.148. The molecule has 0 aromatic rings. The molecule has 3 heteroatoms. The molecule has 1 aliphatic rings. The summed E-state index contributed by atoms with van der Waals surface area (Å²) in [4.78, 5) is 0. The Morgan fingerprint density at radius 3 is 2.45 bits per heavy atom. The molecule has 0 amide bonds. The molecular weight excluding hydrogens is 144 g/mol. The van der Waals surface area contributed by atoms with Crippen molar-refractivity contribution in [3.63, 3.8) is 0 Å². The van der Waals surface area contributed by atoms with Gasteiger partial charge in [-0.25, -0.2) is 0 Å².